The van der Waals surface area contributed by atoms with Gasteiger partial charge in [0.2, 0.25) is 0 Å². The van der Waals surface area contributed by atoms with Crippen molar-refractivity contribution >= 4 is 16.5 Å². The quantitative estimate of drug-likeness (QED) is 0.900. The SMILES string of the molecule is Cc1ccc(C)c(CNc2ncc(C#N)s2)c1. The fraction of sp³-hybridized carbons (Fsp3) is 0.231. The van der Waals surface area contributed by atoms with Gasteiger partial charge in [0.15, 0.2) is 5.13 Å². The summed E-state index contributed by atoms with van der Waals surface area (Å²) in [4.78, 5) is 4.77. The number of aryl methyl sites for hydroxylation is 2. The molecule has 0 atom stereocenters. The van der Waals surface area contributed by atoms with E-state index < -0.39 is 0 Å². The molecule has 0 bridgehead atoms. The van der Waals surface area contributed by atoms with Crippen LogP contribution in [-0.4, -0.2) is 4.98 Å². The topological polar surface area (TPSA) is 48.7 Å². The Hall–Kier alpha value is -1.86. The van der Waals surface area contributed by atoms with Crippen molar-refractivity contribution < 1.29 is 0 Å². The highest BCUT2D eigenvalue weighted by atomic mass is 32.1. The molecule has 1 aromatic carbocycles. The molecule has 1 aromatic heterocycles. The largest absolute Gasteiger partial charge is 0.357 e. The lowest BCUT2D eigenvalue weighted by atomic mass is 10.1. The van der Waals surface area contributed by atoms with E-state index in [0.29, 0.717) is 4.88 Å². The highest BCUT2D eigenvalue weighted by Crippen LogP contribution is 2.19. The molecule has 0 aliphatic carbocycles. The summed E-state index contributed by atoms with van der Waals surface area (Å²) in [6.07, 6.45) is 1.59. The van der Waals surface area contributed by atoms with E-state index in [-0.39, 0.29) is 0 Å². The maximum atomic E-state index is 8.71. The molecule has 2 aromatic rings. The van der Waals surface area contributed by atoms with Crippen LogP contribution in [0.3, 0.4) is 0 Å². The number of thiazole rings is 1. The van der Waals surface area contributed by atoms with Crippen molar-refractivity contribution in [2.45, 2.75) is 20.4 Å². The number of nitriles is 1. The summed E-state index contributed by atoms with van der Waals surface area (Å²) in [5.74, 6) is 0. The van der Waals surface area contributed by atoms with Crippen LogP contribution in [0.5, 0.6) is 0 Å². The van der Waals surface area contributed by atoms with Crippen molar-refractivity contribution in [2.24, 2.45) is 0 Å². The number of hydrogen-bond donors (Lipinski definition) is 1. The van der Waals surface area contributed by atoms with Gasteiger partial charge < -0.3 is 5.32 Å². The minimum Gasteiger partial charge on any atom is -0.357 e. The predicted molar refractivity (Wildman–Crippen MR) is 70.1 cm³/mol. The fourth-order valence-corrected chi connectivity index (χ4v) is 2.18. The molecule has 1 N–H and O–H groups in total. The Kier molecular flexibility index (Phi) is 3.40. The van der Waals surface area contributed by atoms with Gasteiger partial charge in [0.25, 0.3) is 0 Å². The lowest BCUT2D eigenvalue weighted by Crippen LogP contribution is -2.01. The third-order valence-electron chi connectivity index (χ3n) is 2.55. The summed E-state index contributed by atoms with van der Waals surface area (Å²) in [6, 6.07) is 8.48. The van der Waals surface area contributed by atoms with Gasteiger partial charge in [0, 0.05) is 6.54 Å². The third kappa shape index (κ3) is 2.83. The Bertz CT molecular complexity index is 566. The van der Waals surface area contributed by atoms with Gasteiger partial charge >= 0.3 is 0 Å². The molecule has 0 unspecified atom stereocenters. The van der Waals surface area contributed by atoms with E-state index in [1.165, 1.54) is 28.0 Å². The van der Waals surface area contributed by atoms with Crippen molar-refractivity contribution in [1.29, 1.82) is 5.26 Å². The van der Waals surface area contributed by atoms with Crippen molar-refractivity contribution in [2.75, 3.05) is 5.32 Å². The Morgan fingerprint density at radius 3 is 2.94 bits per heavy atom. The normalized spacial score (nSPS) is 9.94. The molecule has 0 fully saturated rings. The number of anilines is 1. The maximum Gasteiger partial charge on any atom is 0.184 e. The maximum absolute atomic E-state index is 8.71. The number of nitrogens with zero attached hydrogens (tertiary/aromatic N) is 2. The second-order valence-corrected chi connectivity index (χ2v) is 4.96. The Morgan fingerprint density at radius 1 is 1.41 bits per heavy atom. The summed E-state index contributed by atoms with van der Waals surface area (Å²) in [5, 5.41) is 12.7. The summed E-state index contributed by atoms with van der Waals surface area (Å²) < 4.78 is 0. The Balaban J connectivity index is 2.07. The van der Waals surface area contributed by atoms with E-state index in [4.69, 9.17) is 5.26 Å². The van der Waals surface area contributed by atoms with Gasteiger partial charge in [0.05, 0.1) is 6.20 Å². The van der Waals surface area contributed by atoms with Gasteiger partial charge in [-0.2, -0.15) is 5.26 Å². The van der Waals surface area contributed by atoms with Crippen molar-refractivity contribution in [3.05, 3.63) is 46.0 Å². The van der Waals surface area contributed by atoms with Crippen LogP contribution in [0.25, 0.3) is 0 Å². The van der Waals surface area contributed by atoms with E-state index in [2.05, 4.69) is 48.4 Å². The van der Waals surface area contributed by atoms with Crippen molar-refractivity contribution in [3.63, 3.8) is 0 Å². The minimum absolute atomic E-state index is 0.633. The first kappa shape index (κ1) is 11.6. The molecule has 0 saturated carbocycles. The van der Waals surface area contributed by atoms with Crippen LogP contribution in [0.4, 0.5) is 5.13 Å². The van der Waals surface area contributed by atoms with Gasteiger partial charge in [0.1, 0.15) is 10.9 Å². The fourth-order valence-electron chi connectivity index (χ4n) is 1.57. The van der Waals surface area contributed by atoms with Gasteiger partial charge in [-0.3, -0.25) is 0 Å². The standard InChI is InChI=1S/C13H13N3S/c1-9-3-4-10(2)11(5-9)7-15-13-16-8-12(6-14)17-13/h3-5,8H,7H2,1-2H3,(H,15,16). The number of hydrogen-bond acceptors (Lipinski definition) is 4. The predicted octanol–water partition coefficient (Wildman–Crippen LogP) is 3.24. The first-order valence-corrected chi connectivity index (χ1v) is 6.16. The molecule has 0 amide bonds. The smallest absolute Gasteiger partial charge is 0.184 e. The average molecular weight is 243 g/mol. The van der Waals surface area contributed by atoms with E-state index in [1.54, 1.807) is 6.20 Å². The first-order chi connectivity index (χ1) is 8.19. The molecule has 0 saturated heterocycles. The van der Waals surface area contributed by atoms with E-state index in [1.807, 2.05) is 0 Å². The monoisotopic (exact) mass is 243 g/mol. The van der Waals surface area contributed by atoms with Crippen molar-refractivity contribution in [1.82, 2.24) is 4.98 Å². The summed E-state index contributed by atoms with van der Waals surface area (Å²) in [7, 11) is 0. The van der Waals surface area contributed by atoms with E-state index >= 15 is 0 Å². The molecule has 17 heavy (non-hydrogen) atoms. The molecular weight excluding hydrogens is 230 g/mol. The molecule has 4 heteroatoms. The third-order valence-corrected chi connectivity index (χ3v) is 3.41. The zero-order valence-corrected chi connectivity index (χ0v) is 10.6. The molecule has 0 radical (unpaired) electrons. The molecule has 0 aliphatic heterocycles. The van der Waals surface area contributed by atoms with Gasteiger partial charge in [-0.1, -0.05) is 35.1 Å². The molecular formula is C13H13N3S. The van der Waals surface area contributed by atoms with Gasteiger partial charge in [-0.25, -0.2) is 4.98 Å². The lowest BCUT2D eigenvalue weighted by Gasteiger charge is -2.07. The second kappa shape index (κ2) is 4.98. The summed E-state index contributed by atoms with van der Waals surface area (Å²) in [6.45, 7) is 4.92. The molecule has 0 aliphatic rings. The first-order valence-electron chi connectivity index (χ1n) is 5.35. The van der Waals surface area contributed by atoms with Crippen LogP contribution in [-0.2, 0) is 6.54 Å². The van der Waals surface area contributed by atoms with Crippen LogP contribution in [0, 0.1) is 25.2 Å². The average Bonchev–Trinajstić information content (AvgIpc) is 2.78. The van der Waals surface area contributed by atoms with Crippen LogP contribution in [0.1, 0.15) is 21.6 Å². The number of benzene rings is 1. The zero-order chi connectivity index (χ0) is 12.3. The van der Waals surface area contributed by atoms with Crippen molar-refractivity contribution in [3.8, 4) is 6.07 Å². The van der Waals surface area contributed by atoms with Gasteiger partial charge in [-0.05, 0) is 25.0 Å². The lowest BCUT2D eigenvalue weighted by molar-refractivity contribution is 1.10. The second-order valence-electron chi connectivity index (χ2n) is 3.92. The van der Waals surface area contributed by atoms with Gasteiger partial charge in [-0.15, -0.1) is 0 Å². The Labute approximate surface area is 105 Å². The zero-order valence-electron chi connectivity index (χ0n) is 9.82. The molecule has 1 heterocycles. The highest BCUT2D eigenvalue weighted by molar-refractivity contribution is 7.16. The van der Waals surface area contributed by atoms with E-state index in [0.717, 1.165) is 11.7 Å². The number of rotatable bonds is 3. The minimum atomic E-state index is 0.633. The molecule has 2 rings (SSSR count). The number of nitrogens with one attached hydrogen (secondary N) is 1. The molecule has 3 nitrogen and oxygen atoms in total. The van der Waals surface area contributed by atoms with E-state index in [9.17, 15) is 0 Å². The van der Waals surface area contributed by atoms with Crippen LogP contribution < -0.4 is 5.32 Å². The highest BCUT2D eigenvalue weighted by Gasteiger charge is 2.02. The summed E-state index contributed by atoms with van der Waals surface area (Å²) >= 11 is 1.38. The summed E-state index contributed by atoms with van der Waals surface area (Å²) in [5.41, 5.74) is 3.78. The van der Waals surface area contributed by atoms with Crippen LogP contribution >= 0.6 is 11.3 Å². The number of aromatic nitrogens is 1. The molecule has 86 valence electrons. The Morgan fingerprint density at radius 2 is 2.24 bits per heavy atom. The van der Waals surface area contributed by atoms with Crippen LogP contribution in [0.2, 0.25) is 0 Å². The van der Waals surface area contributed by atoms with Crippen LogP contribution in [0.15, 0.2) is 24.4 Å². The molecule has 0 spiro atoms.